The van der Waals surface area contributed by atoms with E-state index >= 15 is 0 Å². The molecule has 0 fully saturated rings. The van der Waals surface area contributed by atoms with Crippen molar-refractivity contribution in [3.63, 3.8) is 0 Å². The second-order valence-corrected chi connectivity index (χ2v) is 5.55. The summed E-state index contributed by atoms with van der Waals surface area (Å²) in [4.78, 5) is 0. The summed E-state index contributed by atoms with van der Waals surface area (Å²) in [6.07, 6.45) is 0. The largest absolute Gasteiger partial charge is 0.312 e. The van der Waals surface area contributed by atoms with Gasteiger partial charge in [-0.15, -0.1) is 8.58 Å². The van der Waals surface area contributed by atoms with Gasteiger partial charge in [0, 0.05) is 11.7 Å². The second-order valence-electron chi connectivity index (χ2n) is 4.35. The van der Waals surface area contributed by atoms with E-state index in [-0.39, 0.29) is 0 Å². The third-order valence-electron chi connectivity index (χ3n) is 3.27. The van der Waals surface area contributed by atoms with Gasteiger partial charge in [0.05, 0.1) is 0 Å². The van der Waals surface area contributed by atoms with E-state index < -0.39 is 0 Å². The Hall–Kier alpha value is -1.17. The van der Waals surface area contributed by atoms with E-state index in [1.54, 1.807) is 0 Å². The standard InChI is InChI=1S/C16H20NP/c1-17-15(13-9-5-3-6-10-13)16(18-2)14-11-7-4-8-12-14/h3-12,15-18H,1-2H3. The van der Waals surface area contributed by atoms with E-state index in [2.05, 4.69) is 72.6 Å². The number of hydrogen-bond acceptors (Lipinski definition) is 1. The van der Waals surface area contributed by atoms with Crippen molar-refractivity contribution in [3.05, 3.63) is 71.8 Å². The first-order chi connectivity index (χ1) is 8.86. The molecule has 0 aliphatic heterocycles. The Morgan fingerprint density at radius 1 is 0.833 bits per heavy atom. The summed E-state index contributed by atoms with van der Waals surface area (Å²) >= 11 is 0. The zero-order valence-electron chi connectivity index (χ0n) is 10.9. The first-order valence-corrected chi connectivity index (χ1v) is 7.89. The monoisotopic (exact) mass is 257 g/mol. The van der Waals surface area contributed by atoms with Crippen LogP contribution >= 0.6 is 8.58 Å². The van der Waals surface area contributed by atoms with Crippen molar-refractivity contribution in [3.8, 4) is 0 Å². The summed E-state index contributed by atoms with van der Waals surface area (Å²) in [6, 6.07) is 21.9. The van der Waals surface area contributed by atoms with Gasteiger partial charge >= 0.3 is 0 Å². The van der Waals surface area contributed by atoms with Crippen LogP contribution in [0.2, 0.25) is 0 Å². The summed E-state index contributed by atoms with van der Waals surface area (Å²) in [5.74, 6) is 0. The fraction of sp³-hybridized carbons (Fsp3) is 0.250. The Morgan fingerprint density at radius 3 is 1.78 bits per heavy atom. The highest BCUT2D eigenvalue weighted by Gasteiger charge is 2.21. The lowest BCUT2D eigenvalue weighted by atomic mass is 9.98. The van der Waals surface area contributed by atoms with Crippen LogP contribution in [0.3, 0.4) is 0 Å². The SMILES string of the molecule is CNC(c1ccccc1)C(PC)c1ccccc1. The Bertz CT molecular complexity index is 410. The zero-order chi connectivity index (χ0) is 12.8. The van der Waals surface area contributed by atoms with Crippen LogP contribution in [0.1, 0.15) is 22.8 Å². The summed E-state index contributed by atoms with van der Waals surface area (Å²) in [5.41, 5.74) is 3.32. The topological polar surface area (TPSA) is 12.0 Å². The van der Waals surface area contributed by atoms with E-state index in [9.17, 15) is 0 Å². The Kier molecular flexibility index (Phi) is 4.92. The van der Waals surface area contributed by atoms with E-state index in [1.807, 2.05) is 7.05 Å². The van der Waals surface area contributed by atoms with Gasteiger partial charge in [0.25, 0.3) is 0 Å². The molecule has 1 N–H and O–H groups in total. The lowest BCUT2D eigenvalue weighted by Gasteiger charge is -2.26. The molecule has 2 aromatic rings. The minimum absolute atomic E-state index is 0.386. The molecule has 1 nitrogen and oxygen atoms in total. The van der Waals surface area contributed by atoms with E-state index in [0.717, 1.165) is 8.58 Å². The fourth-order valence-corrected chi connectivity index (χ4v) is 3.59. The van der Waals surface area contributed by atoms with Crippen LogP contribution < -0.4 is 5.32 Å². The molecule has 2 aromatic carbocycles. The Morgan fingerprint density at radius 2 is 1.33 bits per heavy atom. The molecule has 0 aliphatic carbocycles. The maximum atomic E-state index is 3.47. The van der Waals surface area contributed by atoms with Gasteiger partial charge in [-0.05, 0) is 24.8 Å². The molecule has 0 bridgehead atoms. The average molecular weight is 257 g/mol. The molecule has 2 heteroatoms. The molecule has 94 valence electrons. The molecule has 0 aromatic heterocycles. The molecule has 0 heterocycles. The van der Waals surface area contributed by atoms with Crippen molar-refractivity contribution in [1.29, 1.82) is 0 Å². The molecule has 3 atom stereocenters. The fourth-order valence-electron chi connectivity index (χ4n) is 2.37. The maximum absolute atomic E-state index is 3.47. The average Bonchev–Trinajstić information content (AvgIpc) is 2.46. The predicted octanol–water partition coefficient (Wildman–Crippen LogP) is 4.00. The first-order valence-electron chi connectivity index (χ1n) is 6.31. The van der Waals surface area contributed by atoms with Crippen molar-refractivity contribution >= 4 is 8.58 Å². The second kappa shape index (κ2) is 6.68. The highest BCUT2D eigenvalue weighted by Crippen LogP contribution is 2.42. The van der Waals surface area contributed by atoms with E-state index in [4.69, 9.17) is 0 Å². The van der Waals surface area contributed by atoms with Crippen LogP contribution in [0.15, 0.2) is 60.7 Å². The molecule has 2 rings (SSSR count). The van der Waals surface area contributed by atoms with Crippen molar-refractivity contribution in [1.82, 2.24) is 5.32 Å². The molecule has 0 saturated carbocycles. The maximum Gasteiger partial charge on any atom is 0.0424 e. The lowest BCUT2D eigenvalue weighted by molar-refractivity contribution is 0.579. The molecular formula is C16H20NP. The normalized spacial score (nSPS) is 14.8. The van der Waals surface area contributed by atoms with E-state index in [0.29, 0.717) is 11.7 Å². The number of hydrogen-bond donors (Lipinski definition) is 1. The summed E-state index contributed by atoms with van der Waals surface area (Å²) in [5, 5.41) is 3.47. The third kappa shape index (κ3) is 2.98. The number of likely N-dealkylation sites (N-methyl/N-ethyl adjacent to an activating group) is 1. The minimum Gasteiger partial charge on any atom is -0.312 e. The number of rotatable bonds is 5. The molecule has 0 spiro atoms. The summed E-state index contributed by atoms with van der Waals surface area (Å²) in [7, 11) is 2.93. The van der Waals surface area contributed by atoms with Gasteiger partial charge in [0.1, 0.15) is 0 Å². The van der Waals surface area contributed by atoms with E-state index in [1.165, 1.54) is 11.1 Å². The predicted molar refractivity (Wildman–Crippen MR) is 81.7 cm³/mol. The third-order valence-corrected chi connectivity index (χ3v) is 4.56. The van der Waals surface area contributed by atoms with Crippen LogP contribution in [0.4, 0.5) is 0 Å². The Balaban J connectivity index is 2.31. The lowest BCUT2D eigenvalue weighted by Crippen LogP contribution is -2.21. The minimum atomic E-state index is 0.386. The van der Waals surface area contributed by atoms with Crippen molar-refractivity contribution in [2.24, 2.45) is 0 Å². The van der Waals surface area contributed by atoms with Gasteiger partial charge in [-0.2, -0.15) is 0 Å². The molecule has 0 amide bonds. The van der Waals surface area contributed by atoms with Gasteiger partial charge in [0.2, 0.25) is 0 Å². The molecule has 0 saturated heterocycles. The summed E-state index contributed by atoms with van der Waals surface area (Å²) < 4.78 is 0. The quantitative estimate of drug-likeness (QED) is 0.798. The number of nitrogens with one attached hydrogen (secondary N) is 1. The van der Waals surface area contributed by atoms with Gasteiger partial charge in [0.15, 0.2) is 0 Å². The Labute approximate surface area is 111 Å². The van der Waals surface area contributed by atoms with Crippen molar-refractivity contribution < 1.29 is 0 Å². The smallest absolute Gasteiger partial charge is 0.0424 e. The zero-order valence-corrected chi connectivity index (χ0v) is 11.9. The molecule has 0 aliphatic rings. The first kappa shape index (κ1) is 13.3. The van der Waals surface area contributed by atoms with Gasteiger partial charge in [-0.3, -0.25) is 0 Å². The number of benzene rings is 2. The highest BCUT2D eigenvalue weighted by molar-refractivity contribution is 7.37. The highest BCUT2D eigenvalue weighted by atomic mass is 31.1. The molecule has 0 radical (unpaired) electrons. The van der Waals surface area contributed by atoms with Crippen LogP contribution in [-0.2, 0) is 0 Å². The van der Waals surface area contributed by atoms with Crippen LogP contribution in [0.5, 0.6) is 0 Å². The van der Waals surface area contributed by atoms with Crippen molar-refractivity contribution in [2.75, 3.05) is 13.7 Å². The van der Waals surface area contributed by atoms with Gasteiger partial charge in [-0.25, -0.2) is 0 Å². The van der Waals surface area contributed by atoms with Gasteiger partial charge < -0.3 is 5.32 Å². The molecule has 18 heavy (non-hydrogen) atoms. The molecular weight excluding hydrogens is 237 g/mol. The van der Waals surface area contributed by atoms with Gasteiger partial charge in [-0.1, -0.05) is 60.7 Å². The van der Waals surface area contributed by atoms with Crippen molar-refractivity contribution in [2.45, 2.75) is 11.7 Å². The molecule has 3 unspecified atom stereocenters. The summed E-state index contributed by atoms with van der Waals surface area (Å²) in [6.45, 7) is 2.28. The van der Waals surface area contributed by atoms with Crippen LogP contribution in [0.25, 0.3) is 0 Å². The van der Waals surface area contributed by atoms with Crippen LogP contribution in [0, 0.1) is 0 Å². The van der Waals surface area contributed by atoms with Crippen LogP contribution in [-0.4, -0.2) is 13.7 Å².